The zero-order chi connectivity index (χ0) is 10.6. The van der Waals surface area contributed by atoms with Crippen LogP contribution in [0, 0.1) is 5.41 Å². The lowest BCUT2D eigenvalue weighted by molar-refractivity contribution is -0.127. The number of allylic oxidation sites excluding steroid dienone is 1. The van der Waals surface area contributed by atoms with Crippen LogP contribution in [0.5, 0.6) is 0 Å². The van der Waals surface area contributed by atoms with Gasteiger partial charge in [-0.3, -0.25) is 9.59 Å². The summed E-state index contributed by atoms with van der Waals surface area (Å²) < 4.78 is 0. The lowest BCUT2D eigenvalue weighted by Gasteiger charge is -2.27. The number of hydrogen-bond acceptors (Lipinski definition) is 2. The zero-order valence-electron chi connectivity index (χ0n) is 8.94. The number of rotatable bonds is 0. The van der Waals surface area contributed by atoms with Gasteiger partial charge in [0.25, 0.3) is 0 Å². The van der Waals surface area contributed by atoms with Crippen molar-refractivity contribution in [2.45, 2.75) is 40.5 Å². The second-order valence-electron chi connectivity index (χ2n) is 3.84. The van der Waals surface area contributed by atoms with E-state index in [0.717, 1.165) is 0 Å². The fourth-order valence-corrected chi connectivity index (χ4v) is 1.30. The molecule has 0 spiro atoms. The van der Waals surface area contributed by atoms with Crippen molar-refractivity contribution in [3.8, 4) is 0 Å². The molecule has 0 bridgehead atoms. The molecule has 0 aromatic rings. The van der Waals surface area contributed by atoms with Gasteiger partial charge in [0.05, 0.1) is 5.57 Å². The van der Waals surface area contributed by atoms with Crippen molar-refractivity contribution in [3.63, 3.8) is 0 Å². The molecule has 0 aliphatic heterocycles. The van der Waals surface area contributed by atoms with E-state index in [1.54, 1.807) is 0 Å². The summed E-state index contributed by atoms with van der Waals surface area (Å²) in [6.07, 6.45) is 0.912. The quantitative estimate of drug-likeness (QED) is 0.426. The van der Waals surface area contributed by atoms with E-state index >= 15 is 0 Å². The van der Waals surface area contributed by atoms with E-state index in [4.69, 9.17) is 0 Å². The van der Waals surface area contributed by atoms with Crippen LogP contribution in [-0.2, 0) is 9.59 Å². The Labute approximate surface area is 80.0 Å². The van der Waals surface area contributed by atoms with Crippen molar-refractivity contribution in [1.29, 1.82) is 0 Å². The molecule has 2 heteroatoms. The Bertz CT molecular complexity index is 214. The minimum Gasteiger partial charge on any atom is -0.294 e. The first-order valence-corrected chi connectivity index (χ1v) is 4.68. The SMILES string of the molecule is C=C1C(=O)CC(C)(C)CC1=O.CC. The topological polar surface area (TPSA) is 34.1 Å². The Morgan fingerprint density at radius 3 is 1.69 bits per heavy atom. The second-order valence-corrected chi connectivity index (χ2v) is 3.84. The summed E-state index contributed by atoms with van der Waals surface area (Å²) >= 11 is 0. The highest BCUT2D eigenvalue weighted by Gasteiger charge is 2.34. The van der Waals surface area contributed by atoms with Gasteiger partial charge in [-0.15, -0.1) is 0 Å². The molecule has 0 atom stereocenters. The number of ketones is 2. The second kappa shape index (κ2) is 4.35. The Morgan fingerprint density at radius 1 is 1.08 bits per heavy atom. The molecule has 0 N–H and O–H groups in total. The minimum atomic E-state index is -0.157. The number of carbonyl (C=O) groups excluding carboxylic acids is 2. The lowest BCUT2D eigenvalue weighted by Crippen LogP contribution is -2.30. The highest BCUT2D eigenvalue weighted by molar-refractivity contribution is 6.21. The van der Waals surface area contributed by atoms with Gasteiger partial charge < -0.3 is 0 Å². The van der Waals surface area contributed by atoms with Crippen LogP contribution in [0.25, 0.3) is 0 Å². The molecule has 0 aromatic carbocycles. The van der Waals surface area contributed by atoms with E-state index < -0.39 is 0 Å². The highest BCUT2D eigenvalue weighted by Crippen LogP contribution is 2.32. The molecular weight excluding hydrogens is 164 g/mol. The molecule has 1 aliphatic carbocycles. The summed E-state index contributed by atoms with van der Waals surface area (Å²) in [5.41, 5.74) is 0.0272. The average Bonchev–Trinajstić information content (AvgIpc) is 2.02. The van der Waals surface area contributed by atoms with Gasteiger partial charge in [0.2, 0.25) is 0 Å². The van der Waals surface area contributed by atoms with E-state index in [2.05, 4.69) is 6.58 Å². The fourth-order valence-electron chi connectivity index (χ4n) is 1.30. The van der Waals surface area contributed by atoms with Crippen molar-refractivity contribution < 1.29 is 9.59 Å². The largest absolute Gasteiger partial charge is 0.294 e. The molecule has 0 saturated heterocycles. The summed E-state index contributed by atoms with van der Waals surface area (Å²) in [5.74, 6) is -0.183. The first-order valence-electron chi connectivity index (χ1n) is 4.68. The predicted molar refractivity (Wildman–Crippen MR) is 53.5 cm³/mol. The maximum atomic E-state index is 11.1. The van der Waals surface area contributed by atoms with Crippen molar-refractivity contribution in [2.24, 2.45) is 5.41 Å². The average molecular weight is 182 g/mol. The van der Waals surface area contributed by atoms with E-state index in [1.165, 1.54) is 0 Å². The highest BCUT2D eigenvalue weighted by atomic mass is 16.1. The van der Waals surface area contributed by atoms with Gasteiger partial charge in [0.1, 0.15) is 0 Å². The summed E-state index contributed by atoms with van der Waals surface area (Å²) in [5, 5.41) is 0. The number of hydrogen-bond donors (Lipinski definition) is 0. The third-order valence-electron chi connectivity index (χ3n) is 1.95. The van der Waals surface area contributed by atoms with Crippen LogP contribution in [0.4, 0.5) is 0 Å². The van der Waals surface area contributed by atoms with Gasteiger partial charge in [0, 0.05) is 12.8 Å². The van der Waals surface area contributed by atoms with Crippen LogP contribution in [0.15, 0.2) is 12.2 Å². The van der Waals surface area contributed by atoms with Crippen LogP contribution in [0.2, 0.25) is 0 Å². The van der Waals surface area contributed by atoms with Crippen LogP contribution in [-0.4, -0.2) is 11.6 Å². The van der Waals surface area contributed by atoms with Crippen molar-refractivity contribution in [1.82, 2.24) is 0 Å². The smallest absolute Gasteiger partial charge is 0.166 e. The number of carbonyl (C=O) groups is 2. The summed E-state index contributed by atoms with van der Waals surface area (Å²) in [6.45, 7) is 11.3. The molecular formula is C11H18O2. The Morgan fingerprint density at radius 2 is 1.38 bits per heavy atom. The predicted octanol–water partition coefficient (Wildman–Crippen LogP) is 2.53. The first-order chi connectivity index (χ1) is 5.92. The van der Waals surface area contributed by atoms with E-state index in [0.29, 0.717) is 12.8 Å². The van der Waals surface area contributed by atoms with Gasteiger partial charge in [-0.05, 0) is 5.41 Å². The fraction of sp³-hybridized carbons (Fsp3) is 0.636. The molecule has 74 valence electrons. The van der Waals surface area contributed by atoms with Gasteiger partial charge in [0.15, 0.2) is 11.6 Å². The van der Waals surface area contributed by atoms with Crippen LogP contribution >= 0.6 is 0 Å². The lowest BCUT2D eigenvalue weighted by atomic mass is 9.74. The maximum Gasteiger partial charge on any atom is 0.166 e. The third-order valence-corrected chi connectivity index (χ3v) is 1.95. The molecule has 1 aliphatic rings. The van der Waals surface area contributed by atoms with Gasteiger partial charge in [-0.2, -0.15) is 0 Å². The molecule has 0 unspecified atom stereocenters. The van der Waals surface area contributed by atoms with Crippen molar-refractivity contribution in [3.05, 3.63) is 12.2 Å². The Hall–Kier alpha value is -0.920. The van der Waals surface area contributed by atoms with Crippen LogP contribution in [0.3, 0.4) is 0 Å². The zero-order valence-corrected chi connectivity index (χ0v) is 8.94. The van der Waals surface area contributed by atoms with Crippen molar-refractivity contribution >= 4 is 11.6 Å². The van der Waals surface area contributed by atoms with Gasteiger partial charge >= 0.3 is 0 Å². The molecule has 1 rings (SSSR count). The van der Waals surface area contributed by atoms with Crippen LogP contribution < -0.4 is 0 Å². The van der Waals surface area contributed by atoms with Gasteiger partial charge in [-0.1, -0.05) is 34.3 Å². The normalized spacial score (nSPS) is 20.8. The molecule has 0 radical (unpaired) electrons. The standard InChI is InChI=1S/C9H12O2.C2H6/c1-6-7(10)4-9(2,3)5-8(6)11;1-2/h1,4-5H2,2-3H3;1-2H3. The minimum absolute atomic E-state index is 0.0914. The molecule has 0 aromatic heterocycles. The first kappa shape index (κ1) is 12.1. The van der Waals surface area contributed by atoms with Gasteiger partial charge in [-0.25, -0.2) is 0 Å². The molecule has 2 nitrogen and oxygen atoms in total. The molecule has 1 saturated carbocycles. The third kappa shape index (κ3) is 3.13. The van der Waals surface area contributed by atoms with E-state index in [1.807, 2.05) is 27.7 Å². The van der Waals surface area contributed by atoms with E-state index in [9.17, 15) is 9.59 Å². The summed E-state index contributed by atoms with van der Waals surface area (Å²) in [7, 11) is 0. The molecule has 0 heterocycles. The molecule has 1 fully saturated rings. The Kier molecular flexibility index (Phi) is 4.05. The number of Topliss-reactive ketones (excluding diaryl/α,β-unsaturated/α-hetero) is 2. The molecule has 13 heavy (non-hydrogen) atoms. The van der Waals surface area contributed by atoms with Crippen LogP contribution in [0.1, 0.15) is 40.5 Å². The summed E-state index contributed by atoms with van der Waals surface area (Å²) in [4.78, 5) is 22.2. The molecule has 0 amide bonds. The van der Waals surface area contributed by atoms with E-state index in [-0.39, 0.29) is 22.6 Å². The summed E-state index contributed by atoms with van der Waals surface area (Å²) in [6, 6.07) is 0. The Balaban J connectivity index is 0.000000671. The maximum absolute atomic E-state index is 11.1. The monoisotopic (exact) mass is 182 g/mol. The van der Waals surface area contributed by atoms with Crippen molar-refractivity contribution in [2.75, 3.05) is 0 Å².